The van der Waals surface area contributed by atoms with Gasteiger partial charge in [0.1, 0.15) is 23.1 Å². The van der Waals surface area contributed by atoms with Gasteiger partial charge in [-0.25, -0.2) is 8.78 Å². The first-order valence-electron chi connectivity index (χ1n) is 16.4. The average molecular weight is 670 g/mol. The lowest BCUT2D eigenvalue weighted by Gasteiger charge is -2.29. The molecule has 7 rings (SSSR count). The number of likely N-dealkylation sites (N-methyl/N-ethyl adjacent to an activating group) is 1. The summed E-state index contributed by atoms with van der Waals surface area (Å²) in [6.45, 7) is 2.95. The van der Waals surface area contributed by atoms with Gasteiger partial charge < -0.3 is 34.3 Å². The van der Waals surface area contributed by atoms with E-state index >= 15 is 8.78 Å². The molecule has 10 nitrogen and oxygen atoms in total. The van der Waals surface area contributed by atoms with Gasteiger partial charge in [0.25, 0.3) is 0 Å². The molecule has 2 N–H and O–H groups in total. The molecule has 3 aliphatic heterocycles. The maximum atomic E-state index is 15.3. The van der Waals surface area contributed by atoms with Crippen molar-refractivity contribution in [1.29, 1.82) is 0 Å². The first-order chi connectivity index (χ1) is 23.7. The van der Waals surface area contributed by atoms with Crippen molar-refractivity contribution in [2.45, 2.75) is 31.7 Å². The number of benzene rings is 2. The van der Waals surface area contributed by atoms with E-state index in [1.54, 1.807) is 34.7 Å². The van der Waals surface area contributed by atoms with Crippen LogP contribution in [-0.4, -0.2) is 75.0 Å². The highest BCUT2D eigenvalue weighted by Gasteiger charge is 2.29. The maximum absolute atomic E-state index is 15.3. The molecule has 49 heavy (non-hydrogen) atoms. The molecule has 4 aromatic rings. The van der Waals surface area contributed by atoms with Gasteiger partial charge in [0.2, 0.25) is 17.6 Å². The molecule has 0 aliphatic carbocycles. The van der Waals surface area contributed by atoms with Crippen LogP contribution in [0.5, 0.6) is 5.75 Å². The molecule has 3 aliphatic rings. The summed E-state index contributed by atoms with van der Waals surface area (Å²) >= 11 is 0. The predicted molar refractivity (Wildman–Crippen MR) is 183 cm³/mol. The van der Waals surface area contributed by atoms with Crippen molar-refractivity contribution in [2.75, 3.05) is 62.1 Å². The third-order valence-corrected chi connectivity index (χ3v) is 9.45. The molecule has 1 atom stereocenters. The topological polar surface area (TPSA) is 105 Å². The Morgan fingerprint density at radius 3 is 2.63 bits per heavy atom. The van der Waals surface area contributed by atoms with Crippen molar-refractivity contribution >= 4 is 40.2 Å². The van der Waals surface area contributed by atoms with Crippen molar-refractivity contribution in [1.82, 2.24) is 9.72 Å². The van der Waals surface area contributed by atoms with Gasteiger partial charge in [-0.3, -0.25) is 14.4 Å². The van der Waals surface area contributed by atoms with Crippen molar-refractivity contribution in [3.05, 3.63) is 89.3 Å². The molecule has 2 aromatic heterocycles. The van der Waals surface area contributed by atoms with Crippen molar-refractivity contribution in [3.63, 3.8) is 0 Å². The number of hydrogen-bond acceptors (Lipinski definition) is 7. The fraction of sp³-hybridized carbons (Fsp3) is 0.324. The second-order valence-corrected chi connectivity index (χ2v) is 12.6. The molecule has 0 saturated carbocycles. The summed E-state index contributed by atoms with van der Waals surface area (Å²) in [5, 5.41) is 5.47. The maximum Gasteiger partial charge on any atom is 0.248 e. The van der Waals surface area contributed by atoms with Crippen LogP contribution in [0.3, 0.4) is 0 Å². The fourth-order valence-electron chi connectivity index (χ4n) is 6.94. The van der Waals surface area contributed by atoms with Crippen LogP contribution < -0.4 is 25.2 Å². The largest absolute Gasteiger partial charge is 0.496 e. The van der Waals surface area contributed by atoms with Crippen LogP contribution in [0.1, 0.15) is 40.9 Å². The lowest BCUT2D eigenvalue weighted by molar-refractivity contribution is -0.117. The number of ketones is 1. The Bertz CT molecular complexity index is 1980. The Labute approximate surface area is 282 Å². The van der Waals surface area contributed by atoms with Crippen LogP contribution >= 0.6 is 0 Å². The third kappa shape index (κ3) is 6.17. The number of anilines is 3. The van der Waals surface area contributed by atoms with Gasteiger partial charge in [-0.05, 0) is 55.2 Å². The first-order valence-corrected chi connectivity index (χ1v) is 16.4. The number of rotatable bonds is 9. The van der Waals surface area contributed by atoms with E-state index in [-0.39, 0.29) is 23.2 Å². The molecule has 0 unspecified atom stereocenters. The Morgan fingerprint density at radius 1 is 1.10 bits per heavy atom. The minimum atomic E-state index is -1.06. The zero-order chi connectivity index (χ0) is 34.2. The molecule has 2 saturated heterocycles. The zero-order valence-corrected chi connectivity index (χ0v) is 27.4. The number of aromatic nitrogens is 1. The molecule has 2 aromatic carbocycles. The highest BCUT2D eigenvalue weighted by Crippen LogP contribution is 2.46. The summed E-state index contributed by atoms with van der Waals surface area (Å²) in [5.41, 5.74) is 4.41. The quantitative estimate of drug-likeness (QED) is 0.189. The number of halogens is 2. The van der Waals surface area contributed by atoms with E-state index in [4.69, 9.17) is 9.47 Å². The molecular formula is C37H37F2N5O5. The van der Waals surface area contributed by atoms with Crippen molar-refractivity contribution in [3.8, 4) is 16.9 Å². The smallest absolute Gasteiger partial charge is 0.248 e. The van der Waals surface area contributed by atoms with E-state index in [1.165, 1.54) is 6.08 Å². The van der Waals surface area contributed by atoms with E-state index in [0.717, 1.165) is 58.6 Å². The third-order valence-electron chi connectivity index (χ3n) is 9.45. The normalized spacial score (nSPS) is 17.5. The van der Waals surface area contributed by atoms with Crippen LogP contribution in [-0.2, 0) is 20.7 Å². The Balaban J connectivity index is 1.20. The zero-order valence-electron chi connectivity index (χ0n) is 27.4. The van der Waals surface area contributed by atoms with Crippen LogP contribution in [0.2, 0.25) is 0 Å². The van der Waals surface area contributed by atoms with E-state index in [1.807, 2.05) is 31.3 Å². The molecule has 254 valence electrons. The molecular weight excluding hydrogens is 632 g/mol. The molecule has 0 spiro atoms. The van der Waals surface area contributed by atoms with Gasteiger partial charge in [-0.1, -0.05) is 12.1 Å². The number of nitrogens with zero attached hydrogens (tertiary/aromatic N) is 3. The van der Waals surface area contributed by atoms with Gasteiger partial charge >= 0.3 is 0 Å². The van der Waals surface area contributed by atoms with Crippen LogP contribution in [0.15, 0.2) is 60.8 Å². The summed E-state index contributed by atoms with van der Waals surface area (Å²) < 4.78 is 43.5. The first kappa shape index (κ1) is 32.5. The summed E-state index contributed by atoms with van der Waals surface area (Å²) in [7, 11) is 3.57. The van der Waals surface area contributed by atoms with E-state index in [2.05, 4.69) is 15.5 Å². The SMILES string of the molecule is COc1cc(N2CCCC2=O)cc2c1-c1cccn3c(C(=O)c4cc(F)c(NC(=O)/C=C/CN[C@H]5CCOC5)c(F)c4)cc(c13)CCN2C. The van der Waals surface area contributed by atoms with Crippen LogP contribution in [0, 0.1) is 11.6 Å². The lowest BCUT2D eigenvalue weighted by Crippen LogP contribution is -2.29. The molecule has 5 heterocycles. The van der Waals surface area contributed by atoms with E-state index in [9.17, 15) is 14.4 Å². The standard InChI is InChI=1S/C37H37F2N5O5/c1-42-14-9-22-18-30(37(47)23-16-27(38)35(28(39)17-23)41-32(45)7-3-11-40-24-10-15-49-21-24)44-13-4-6-26(36(22)44)34-29(42)19-25(20-31(34)48-2)43-12-5-8-33(43)46/h3-4,6-7,13,16-20,24,40H,5,8-12,14-15,21H2,1-2H3,(H,41,45)/b7-3+/t24-/m0/s1. The Kier molecular flexibility index (Phi) is 8.91. The van der Waals surface area contributed by atoms with Gasteiger partial charge in [0, 0.05) is 86.5 Å². The number of nitrogens with one attached hydrogen (secondary N) is 2. The summed E-state index contributed by atoms with van der Waals surface area (Å²) in [4.78, 5) is 42.8. The fourth-order valence-corrected chi connectivity index (χ4v) is 6.94. The highest BCUT2D eigenvalue weighted by atomic mass is 19.1. The minimum absolute atomic E-state index is 0.0772. The number of amides is 2. The Hall–Kier alpha value is -5.07. The molecule has 2 fully saturated rings. The monoisotopic (exact) mass is 669 g/mol. The minimum Gasteiger partial charge on any atom is -0.496 e. The Morgan fingerprint density at radius 2 is 1.92 bits per heavy atom. The number of pyridine rings is 1. The molecule has 0 radical (unpaired) electrons. The molecule has 12 heteroatoms. The van der Waals surface area contributed by atoms with Crippen LogP contribution in [0.4, 0.5) is 25.8 Å². The van der Waals surface area contributed by atoms with Gasteiger partial charge in [0.05, 0.1) is 30.6 Å². The summed E-state index contributed by atoms with van der Waals surface area (Å²) in [5.74, 6) is -2.71. The number of ether oxygens (including phenoxy) is 2. The molecule has 2 amide bonds. The average Bonchev–Trinajstić information content (AvgIpc) is 3.86. The van der Waals surface area contributed by atoms with Crippen LogP contribution in [0.25, 0.3) is 16.6 Å². The lowest BCUT2D eigenvalue weighted by atomic mass is 9.96. The van der Waals surface area contributed by atoms with E-state index in [0.29, 0.717) is 51.4 Å². The van der Waals surface area contributed by atoms with Gasteiger partial charge in [0.15, 0.2) is 0 Å². The van der Waals surface area contributed by atoms with Gasteiger partial charge in [-0.15, -0.1) is 0 Å². The predicted octanol–water partition coefficient (Wildman–Crippen LogP) is 5.12. The second-order valence-electron chi connectivity index (χ2n) is 12.6. The summed E-state index contributed by atoms with van der Waals surface area (Å²) in [6, 6.07) is 11.5. The van der Waals surface area contributed by atoms with Crippen molar-refractivity contribution in [2.24, 2.45) is 0 Å². The van der Waals surface area contributed by atoms with Gasteiger partial charge in [-0.2, -0.15) is 0 Å². The number of carbonyl (C=O) groups is 3. The summed E-state index contributed by atoms with van der Waals surface area (Å²) in [6.07, 6.45) is 7.31. The van der Waals surface area contributed by atoms with Crippen molar-refractivity contribution < 1.29 is 32.6 Å². The second kappa shape index (κ2) is 13.4. The number of carbonyl (C=O) groups excluding carboxylic acids is 3. The number of hydrogen-bond donors (Lipinski definition) is 2. The highest BCUT2D eigenvalue weighted by molar-refractivity contribution is 6.10. The number of methoxy groups -OCH3 is 1. The van der Waals surface area contributed by atoms with E-state index < -0.39 is 29.0 Å². The molecule has 0 bridgehead atoms. The number of fused-ring (bicyclic) bond motifs is 2.